The van der Waals surface area contributed by atoms with E-state index in [2.05, 4.69) is 10.6 Å². The molecule has 0 aromatic heterocycles. The number of amides is 2. The second kappa shape index (κ2) is 6.48. The van der Waals surface area contributed by atoms with Gasteiger partial charge in [-0.05, 0) is 56.5 Å². The Bertz CT molecular complexity index is 798. The number of rotatable bonds is 4. The fraction of sp³-hybridized carbons (Fsp3) is 0.300. The second-order valence-electron chi connectivity index (χ2n) is 6.62. The van der Waals surface area contributed by atoms with Crippen molar-refractivity contribution in [2.24, 2.45) is 11.8 Å². The van der Waals surface area contributed by atoms with Gasteiger partial charge in [-0.1, -0.05) is 29.8 Å². The second-order valence-corrected chi connectivity index (χ2v) is 6.62. The monoisotopic (exact) mass is 322 g/mol. The number of aryl methyl sites for hydroxylation is 3. The summed E-state index contributed by atoms with van der Waals surface area (Å²) in [7, 11) is 0. The van der Waals surface area contributed by atoms with E-state index in [-0.39, 0.29) is 23.7 Å². The van der Waals surface area contributed by atoms with Crippen molar-refractivity contribution in [2.75, 3.05) is 10.6 Å². The van der Waals surface area contributed by atoms with E-state index < -0.39 is 0 Å². The Balaban J connectivity index is 1.58. The fourth-order valence-corrected chi connectivity index (χ4v) is 2.91. The van der Waals surface area contributed by atoms with Crippen molar-refractivity contribution >= 4 is 23.2 Å². The number of benzene rings is 2. The summed E-state index contributed by atoms with van der Waals surface area (Å²) in [5.74, 6) is -0.639. The number of hydrogen-bond acceptors (Lipinski definition) is 2. The molecular formula is C20H22N2O2. The summed E-state index contributed by atoms with van der Waals surface area (Å²) in [6.45, 7) is 5.97. The summed E-state index contributed by atoms with van der Waals surface area (Å²) in [5, 5.41) is 5.83. The van der Waals surface area contributed by atoms with Crippen molar-refractivity contribution in [1.29, 1.82) is 0 Å². The average molecular weight is 322 g/mol. The molecule has 3 rings (SSSR count). The van der Waals surface area contributed by atoms with E-state index in [0.29, 0.717) is 6.42 Å². The highest BCUT2D eigenvalue weighted by Crippen LogP contribution is 2.40. The highest BCUT2D eigenvalue weighted by atomic mass is 16.2. The van der Waals surface area contributed by atoms with Crippen LogP contribution in [-0.4, -0.2) is 11.8 Å². The van der Waals surface area contributed by atoms with Crippen LogP contribution in [0.5, 0.6) is 0 Å². The number of anilines is 2. The van der Waals surface area contributed by atoms with Gasteiger partial charge in [0.25, 0.3) is 0 Å². The first-order valence-corrected chi connectivity index (χ1v) is 8.19. The zero-order chi connectivity index (χ0) is 17.3. The molecule has 1 aliphatic carbocycles. The molecule has 24 heavy (non-hydrogen) atoms. The SMILES string of the molecule is Cc1cccc(NC(=O)C2CC2C(=O)Nc2ccc(C)cc2C)c1. The molecule has 1 fully saturated rings. The van der Waals surface area contributed by atoms with E-state index in [1.54, 1.807) is 0 Å². The van der Waals surface area contributed by atoms with Crippen LogP contribution in [0.1, 0.15) is 23.1 Å². The van der Waals surface area contributed by atoms with Gasteiger partial charge in [0.1, 0.15) is 0 Å². The largest absolute Gasteiger partial charge is 0.326 e. The van der Waals surface area contributed by atoms with Crippen molar-refractivity contribution < 1.29 is 9.59 Å². The van der Waals surface area contributed by atoms with Crippen LogP contribution >= 0.6 is 0 Å². The molecular weight excluding hydrogens is 300 g/mol. The molecule has 2 aromatic rings. The lowest BCUT2D eigenvalue weighted by atomic mass is 10.1. The molecule has 4 nitrogen and oxygen atoms in total. The molecule has 2 amide bonds. The third-order valence-corrected chi connectivity index (χ3v) is 4.39. The number of carbonyl (C=O) groups excluding carboxylic acids is 2. The maximum absolute atomic E-state index is 12.3. The highest BCUT2D eigenvalue weighted by Gasteiger charge is 2.48. The van der Waals surface area contributed by atoms with Gasteiger partial charge in [0.05, 0.1) is 11.8 Å². The Hall–Kier alpha value is -2.62. The topological polar surface area (TPSA) is 58.2 Å². The van der Waals surface area contributed by atoms with Gasteiger partial charge >= 0.3 is 0 Å². The van der Waals surface area contributed by atoms with E-state index in [4.69, 9.17) is 0 Å². The Kier molecular flexibility index (Phi) is 4.38. The quantitative estimate of drug-likeness (QED) is 0.899. The van der Waals surface area contributed by atoms with Crippen LogP contribution in [0.4, 0.5) is 11.4 Å². The smallest absolute Gasteiger partial charge is 0.228 e. The molecule has 1 saturated carbocycles. The first kappa shape index (κ1) is 16.2. The van der Waals surface area contributed by atoms with Crippen molar-refractivity contribution in [3.05, 3.63) is 59.2 Å². The highest BCUT2D eigenvalue weighted by molar-refractivity contribution is 6.03. The van der Waals surface area contributed by atoms with Crippen molar-refractivity contribution in [3.8, 4) is 0 Å². The molecule has 124 valence electrons. The van der Waals surface area contributed by atoms with E-state index >= 15 is 0 Å². The van der Waals surface area contributed by atoms with Crippen LogP contribution in [0.3, 0.4) is 0 Å². The van der Waals surface area contributed by atoms with Gasteiger partial charge in [0, 0.05) is 11.4 Å². The summed E-state index contributed by atoms with van der Waals surface area (Å²) in [5.41, 5.74) is 4.88. The Labute approximate surface area is 142 Å². The molecule has 1 aliphatic rings. The maximum Gasteiger partial charge on any atom is 0.228 e. The van der Waals surface area contributed by atoms with Gasteiger partial charge < -0.3 is 10.6 Å². The van der Waals surface area contributed by atoms with Crippen molar-refractivity contribution in [2.45, 2.75) is 27.2 Å². The summed E-state index contributed by atoms with van der Waals surface area (Å²) in [6.07, 6.45) is 0.606. The molecule has 0 radical (unpaired) electrons. The lowest BCUT2D eigenvalue weighted by Crippen LogP contribution is -2.21. The van der Waals surface area contributed by atoms with Crippen LogP contribution in [0, 0.1) is 32.6 Å². The minimum atomic E-state index is -0.240. The molecule has 0 spiro atoms. The van der Waals surface area contributed by atoms with Gasteiger partial charge in [-0.2, -0.15) is 0 Å². The standard InChI is InChI=1S/C20H22N2O2/c1-12-5-4-6-15(10-12)21-19(23)16-11-17(16)20(24)22-18-8-7-13(2)9-14(18)3/h4-10,16-17H,11H2,1-3H3,(H,21,23)(H,22,24). The maximum atomic E-state index is 12.3. The fourth-order valence-electron chi connectivity index (χ4n) is 2.91. The summed E-state index contributed by atoms with van der Waals surface area (Å²) < 4.78 is 0. The molecule has 0 bridgehead atoms. The zero-order valence-electron chi connectivity index (χ0n) is 14.2. The number of hydrogen-bond donors (Lipinski definition) is 2. The molecule has 0 heterocycles. The first-order chi connectivity index (χ1) is 11.4. The van der Waals surface area contributed by atoms with Crippen LogP contribution < -0.4 is 10.6 Å². The molecule has 2 N–H and O–H groups in total. The van der Waals surface area contributed by atoms with E-state index in [0.717, 1.165) is 28.1 Å². The molecule has 2 aromatic carbocycles. The lowest BCUT2D eigenvalue weighted by molar-refractivity contribution is -0.122. The first-order valence-electron chi connectivity index (χ1n) is 8.19. The Morgan fingerprint density at radius 3 is 2.21 bits per heavy atom. The third-order valence-electron chi connectivity index (χ3n) is 4.39. The molecule has 2 unspecified atom stereocenters. The zero-order valence-corrected chi connectivity index (χ0v) is 14.2. The van der Waals surface area contributed by atoms with Crippen LogP contribution in [0.15, 0.2) is 42.5 Å². The predicted octanol–water partition coefficient (Wildman–Crippen LogP) is 3.83. The number of nitrogens with one attached hydrogen (secondary N) is 2. The Morgan fingerprint density at radius 1 is 0.875 bits per heavy atom. The van der Waals surface area contributed by atoms with Crippen LogP contribution in [0.2, 0.25) is 0 Å². The minimum Gasteiger partial charge on any atom is -0.326 e. The molecule has 0 aliphatic heterocycles. The average Bonchev–Trinajstić information content (AvgIpc) is 3.31. The Morgan fingerprint density at radius 2 is 1.54 bits per heavy atom. The van der Waals surface area contributed by atoms with Gasteiger partial charge in [-0.25, -0.2) is 0 Å². The van der Waals surface area contributed by atoms with Gasteiger partial charge in [0.15, 0.2) is 0 Å². The lowest BCUT2D eigenvalue weighted by Gasteiger charge is -2.09. The summed E-state index contributed by atoms with van der Waals surface area (Å²) in [4.78, 5) is 24.6. The van der Waals surface area contributed by atoms with Gasteiger partial charge in [0.2, 0.25) is 11.8 Å². The molecule has 0 saturated heterocycles. The van der Waals surface area contributed by atoms with Crippen LogP contribution in [-0.2, 0) is 9.59 Å². The third kappa shape index (κ3) is 3.65. The van der Waals surface area contributed by atoms with Crippen molar-refractivity contribution in [3.63, 3.8) is 0 Å². The normalized spacial score (nSPS) is 18.8. The molecule has 2 atom stereocenters. The van der Waals surface area contributed by atoms with E-state index in [1.807, 2.05) is 63.2 Å². The summed E-state index contributed by atoms with van der Waals surface area (Å²) >= 11 is 0. The van der Waals surface area contributed by atoms with E-state index in [9.17, 15) is 9.59 Å². The molecule has 4 heteroatoms. The number of carbonyl (C=O) groups is 2. The van der Waals surface area contributed by atoms with Crippen molar-refractivity contribution in [1.82, 2.24) is 0 Å². The predicted molar refractivity (Wildman–Crippen MR) is 96.0 cm³/mol. The van der Waals surface area contributed by atoms with E-state index in [1.165, 1.54) is 0 Å². The van der Waals surface area contributed by atoms with Crippen LogP contribution in [0.25, 0.3) is 0 Å². The van der Waals surface area contributed by atoms with Gasteiger partial charge in [-0.15, -0.1) is 0 Å². The summed E-state index contributed by atoms with van der Waals surface area (Å²) in [6, 6.07) is 13.6. The van der Waals surface area contributed by atoms with Gasteiger partial charge in [-0.3, -0.25) is 9.59 Å². The minimum absolute atomic E-state index is 0.0775.